The molecule has 2 heterocycles. The maximum absolute atomic E-state index is 12.2. The summed E-state index contributed by atoms with van der Waals surface area (Å²) in [5.41, 5.74) is 2.94. The summed E-state index contributed by atoms with van der Waals surface area (Å²) in [6, 6.07) is 0. The van der Waals surface area contributed by atoms with Gasteiger partial charge >= 0.3 is 0 Å². The van der Waals surface area contributed by atoms with Crippen molar-refractivity contribution in [3.63, 3.8) is 0 Å². The van der Waals surface area contributed by atoms with Gasteiger partial charge in [-0.1, -0.05) is 6.42 Å². The Morgan fingerprint density at radius 3 is 2.81 bits per heavy atom. The molecular weight excluding hydrogens is 264 g/mol. The van der Waals surface area contributed by atoms with E-state index in [9.17, 15) is 4.79 Å². The van der Waals surface area contributed by atoms with E-state index < -0.39 is 0 Å². The van der Waals surface area contributed by atoms with Gasteiger partial charge in [0, 0.05) is 17.8 Å². The molecule has 21 heavy (non-hydrogen) atoms. The standard InChI is InChI=1S/C16H26N4O/c21-16(15-13-7-2-3-8-14(13)18-19-15)17-9-6-12-20-10-4-1-5-11-20/h1-12H2,(H,17,21)(H,18,19). The number of piperidine rings is 1. The minimum atomic E-state index is -0.00644. The van der Waals surface area contributed by atoms with Crippen molar-refractivity contribution >= 4 is 5.91 Å². The Bertz CT molecular complexity index is 477. The van der Waals surface area contributed by atoms with Crippen LogP contribution in [0, 0.1) is 0 Å². The second kappa shape index (κ2) is 7.07. The minimum Gasteiger partial charge on any atom is -0.351 e. The number of likely N-dealkylation sites (tertiary alicyclic amines) is 1. The molecular formula is C16H26N4O. The molecule has 0 unspecified atom stereocenters. The third kappa shape index (κ3) is 3.64. The molecule has 2 N–H and O–H groups in total. The molecule has 5 nitrogen and oxygen atoms in total. The Kier molecular flexibility index (Phi) is 4.91. The van der Waals surface area contributed by atoms with E-state index in [0.29, 0.717) is 5.69 Å². The van der Waals surface area contributed by atoms with Gasteiger partial charge in [0.1, 0.15) is 0 Å². The summed E-state index contributed by atoms with van der Waals surface area (Å²) >= 11 is 0. The smallest absolute Gasteiger partial charge is 0.272 e. The van der Waals surface area contributed by atoms with E-state index in [2.05, 4.69) is 20.4 Å². The molecule has 5 heteroatoms. The van der Waals surface area contributed by atoms with E-state index in [4.69, 9.17) is 0 Å². The molecule has 0 aromatic carbocycles. The predicted octanol–water partition coefficient (Wildman–Crippen LogP) is 1.89. The van der Waals surface area contributed by atoms with E-state index in [1.165, 1.54) is 50.9 Å². The van der Waals surface area contributed by atoms with Crippen LogP contribution in [0.1, 0.15) is 60.3 Å². The Labute approximate surface area is 126 Å². The van der Waals surface area contributed by atoms with Gasteiger partial charge < -0.3 is 10.2 Å². The molecule has 1 aliphatic carbocycles. The average Bonchev–Trinajstić information content (AvgIpc) is 2.96. The molecule has 0 bridgehead atoms. The van der Waals surface area contributed by atoms with E-state index >= 15 is 0 Å². The van der Waals surface area contributed by atoms with Crippen molar-refractivity contribution in [2.45, 2.75) is 51.4 Å². The van der Waals surface area contributed by atoms with Crippen LogP contribution in [0.25, 0.3) is 0 Å². The molecule has 0 spiro atoms. The lowest BCUT2D eigenvalue weighted by molar-refractivity contribution is 0.0945. The van der Waals surface area contributed by atoms with Gasteiger partial charge in [0.05, 0.1) is 0 Å². The number of hydrogen-bond donors (Lipinski definition) is 2. The van der Waals surface area contributed by atoms with E-state index in [1.54, 1.807) is 0 Å². The largest absolute Gasteiger partial charge is 0.351 e. The summed E-state index contributed by atoms with van der Waals surface area (Å²) in [7, 11) is 0. The molecule has 0 radical (unpaired) electrons. The highest BCUT2D eigenvalue weighted by molar-refractivity contribution is 5.94. The summed E-state index contributed by atoms with van der Waals surface area (Å²) in [6.07, 6.45) is 9.44. The Morgan fingerprint density at radius 1 is 1.14 bits per heavy atom. The molecule has 116 valence electrons. The van der Waals surface area contributed by atoms with E-state index in [0.717, 1.165) is 37.9 Å². The first kappa shape index (κ1) is 14.6. The lowest BCUT2D eigenvalue weighted by Crippen LogP contribution is -2.33. The molecule has 3 rings (SSSR count). The number of nitrogens with one attached hydrogen (secondary N) is 2. The van der Waals surface area contributed by atoms with Crippen LogP contribution >= 0.6 is 0 Å². The van der Waals surface area contributed by atoms with Crippen molar-refractivity contribution in [1.29, 1.82) is 0 Å². The van der Waals surface area contributed by atoms with Gasteiger partial charge in [0.25, 0.3) is 5.91 Å². The first-order valence-corrected chi connectivity index (χ1v) is 8.41. The lowest BCUT2D eigenvalue weighted by Gasteiger charge is -2.26. The number of fused-ring (bicyclic) bond motifs is 1. The Morgan fingerprint density at radius 2 is 1.95 bits per heavy atom. The molecule has 2 aliphatic rings. The number of aryl methyl sites for hydroxylation is 1. The first-order chi connectivity index (χ1) is 10.3. The fourth-order valence-corrected chi connectivity index (χ4v) is 3.44. The first-order valence-electron chi connectivity index (χ1n) is 8.41. The van der Waals surface area contributed by atoms with Crippen LogP contribution in [0.3, 0.4) is 0 Å². The zero-order valence-corrected chi connectivity index (χ0v) is 12.8. The fraction of sp³-hybridized carbons (Fsp3) is 0.750. The summed E-state index contributed by atoms with van der Waals surface area (Å²) in [5.74, 6) is -0.00644. The molecule has 1 aromatic heterocycles. The van der Waals surface area contributed by atoms with Crippen molar-refractivity contribution in [1.82, 2.24) is 20.4 Å². The highest BCUT2D eigenvalue weighted by atomic mass is 16.1. The zero-order chi connectivity index (χ0) is 14.5. The summed E-state index contributed by atoms with van der Waals surface area (Å²) < 4.78 is 0. The van der Waals surface area contributed by atoms with Crippen LogP contribution < -0.4 is 5.32 Å². The van der Waals surface area contributed by atoms with Crippen LogP contribution in [0.15, 0.2) is 0 Å². The second-order valence-corrected chi connectivity index (χ2v) is 6.25. The quantitative estimate of drug-likeness (QED) is 0.814. The number of carbonyl (C=O) groups is 1. The molecule has 1 fully saturated rings. The molecule has 1 aromatic rings. The number of aromatic amines is 1. The van der Waals surface area contributed by atoms with Crippen molar-refractivity contribution < 1.29 is 4.79 Å². The summed E-state index contributed by atoms with van der Waals surface area (Å²) in [6.45, 7) is 4.29. The predicted molar refractivity (Wildman–Crippen MR) is 82.5 cm³/mol. The maximum Gasteiger partial charge on any atom is 0.272 e. The average molecular weight is 290 g/mol. The van der Waals surface area contributed by atoms with Gasteiger partial charge in [-0.15, -0.1) is 0 Å². The fourth-order valence-electron chi connectivity index (χ4n) is 3.44. The topological polar surface area (TPSA) is 61.0 Å². The molecule has 1 saturated heterocycles. The number of aromatic nitrogens is 2. The number of amides is 1. The number of carbonyl (C=O) groups excluding carboxylic acids is 1. The van der Waals surface area contributed by atoms with Crippen LogP contribution in [0.4, 0.5) is 0 Å². The van der Waals surface area contributed by atoms with Gasteiger partial charge in [-0.2, -0.15) is 5.10 Å². The van der Waals surface area contributed by atoms with Crippen LogP contribution in [-0.4, -0.2) is 47.2 Å². The lowest BCUT2D eigenvalue weighted by atomic mass is 9.96. The Hall–Kier alpha value is -1.36. The van der Waals surface area contributed by atoms with Crippen molar-refractivity contribution in [3.8, 4) is 0 Å². The monoisotopic (exact) mass is 290 g/mol. The van der Waals surface area contributed by atoms with Crippen LogP contribution in [-0.2, 0) is 12.8 Å². The molecule has 1 aliphatic heterocycles. The van der Waals surface area contributed by atoms with Crippen LogP contribution in [0.5, 0.6) is 0 Å². The third-order valence-corrected chi connectivity index (χ3v) is 4.66. The van der Waals surface area contributed by atoms with Gasteiger partial charge in [0.2, 0.25) is 0 Å². The molecule has 0 atom stereocenters. The van der Waals surface area contributed by atoms with Gasteiger partial charge in [-0.25, -0.2) is 0 Å². The summed E-state index contributed by atoms with van der Waals surface area (Å²) in [4.78, 5) is 14.7. The second-order valence-electron chi connectivity index (χ2n) is 6.25. The van der Waals surface area contributed by atoms with Gasteiger partial charge in [-0.05, 0) is 64.6 Å². The highest BCUT2D eigenvalue weighted by Gasteiger charge is 2.21. The summed E-state index contributed by atoms with van der Waals surface area (Å²) in [5, 5.41) is 10.3. The third-order valence-electron chi connectivity index (χ3n) is 4.66. The van der Waals surface area contributed by atoms with E-state index in [1.807, 2.05) is 0 Å². The molecule has 0 saturated carbocycles. The number of rotatable bonds is 5. The van der Waals surface area contributed by atoms with Gasteiger partial charge in [0.15, 0.2) is 5.69 Å². The van der Waals surface area contributed by atoms with Crippen LogP contribution in [0.2, 0.25) is 0 Å². The minimum absolute atomic E-state index is 0.00644. The Balaban J connectivity index is 1.43. The maximum atomic E-state index is 12.2. The highest BCUT2D eigenvalue weighted by Crippen LogP contribution is 2.21. The van der Waals surface area contributed by atoms with Crippen molar-refractivity contribution in [2.24, 2.45) is 0 Å². The van der Waals surface area contributed by atoms with Crippen molar-refractivity contribution in [3.05, 3.63) is 17.0 Å². The number of hydrogen-bond acceptors (Lipinski definition) is 3. The van der Waals surface area contributed by atoms with Gasteiger partial charge in [-0.3, -0.25) is 9.89 Å². The normalized spacial score (nSPS) is 19.2. The SMILES string of the molecule is O=C(NCCCN1CCCCC1)c1n[nH]c2c1CCCC2. The number of nitrogens with zero attached hydrogens (tertiary/aromatic N) is 2. The van der Waals surface area contributed by atoms with E-state index in [-0.39, 0.29) is 5.91 Å². The molecule has 1 amide bonds. The number of H-pyrrole nitrogens is 1. The van der Waals surface area contributed by atoms with Crippen molar-refractivity contribution in [2.75, 3.05) is 26.2 Å². The zero-order valence-electron chi connectivity index (χ0n) is 12.8.